The Kier molecular flexibility index (Phi) is 6.72. The number of hydrogen-bond acceptors (Lipinski definition) is 5. The number of urea groups is 1. The van der Waals surface area contributed by atoms with Gasteiger partial charge in [0.15, 0.2) is 0 Å². The van der Waals surface area contributed by atoms with Gasteiger partial charge in [0.25, 0.3) is 0 Å². The van der Waals surface area contributed by atoms with Crippen LogP contribution in [0, 0.1) is 0 Å². The van der Waals surface area contributed by atoms with Crippen molar-refractivity contribution in [2.75, 3.05) is 18.9 Å². The zero-order valence-electron chi connectivity index (χ0n) is 12.6. The summed E-state index contributed by atoms with van der Waals surface area (Å²) in [5.74, 6) is 0.765. The zero-order valence-corrected chi connectivity index (χ0v) is 14.3. The summed E-state index contributed by atoms with van der Waals surface area (Å²) in [7, 11) is -4.47. The fourth-order valence-corrected chi connectivity index (χ4v) is 4.59. The molecule has 2 saturated heterocycles. The Morgan fingerprint density at radius 1 is 1.39 bits per heavy atom. The highest BCUT2D eigenvalue weighted by Crippen LogP contribution is 2.35. The molecule has 2 aliphatic rings. The lowest BCUT2D eigenvalue weighted by Crippen LogP contribution is -2.36. The smallest absolute Gasteiger partial charge is 0.354 e. The van der Waals surface area contributed by atoms with Crippen LogP contribution in [-0.4, -0.2) is 58.0 Å². The van der Waals surface area contributed by atoms with Gasteiger partial charge in [-0.1, -0.05) is 6.42 Å². The molecular weight excluding hydrogens is 345 g/mol. The van der Waals surface area contributed by atoms with Gasteiger partial charge in [0.1, 0.15) is 0 Å². The van der Waals surface area contributed by atoms with Crippen LogP contribution in [0.15, 0.2) is 0 Å². The molecule has 0 aromatic heterocycles. The summed E-state index contributed by atoms with van der Waals surface area (Å²) in [6.45, 7) is -0.144. The fraction of sp³-hybridized carbons (Fsp3) is 0.833. The number of phosphoric ester groups is 1. The molecule has 3 atom stereocenters. The van der Waals surface area contributed by atoms with Crippen molar-refractivity contribution in [3.8, 4) is 0 Å². The number of carbonyl (C=O) groups excluding carboxylic acids is 2. The molecule has 0 aromatic carbocycles. The molecule has 0 aromatic rings. The number of carbonyl (C=O) groups is 2. The third-order valence-corrected chi connectivity index (χ3v) is 5.79. The fourth-order valence-electron chi connectivity index (χ4n) is 2.72. The molecular formula is C12H22N3O6PS. The van der Waals surface area contributed by atoms with E-state index in [0.29, 0.717) is 11.7 Å². The summed E-state index contributed by atoms with van der Waals surface area (Å²) in [5, 5.41) is 8.76. The minimum Gasteiger partial charge on any atom is -0.354 e. The normalized spacial score (nSPS) is 26.5. The van der Waals surface area contributed by atoms with Gasteiger partial charge in [-0.3, -0.25) is 9.32 Å². The summed E-state index contributed by atoms with van der Waals surface area (Å²) in [6, 6.07) is 0.308. The highest BCUT2D eigenvalue weighted by atomic mass is 32.2. The first kappa shape index (κ1) is 18.5. The van der Waals surface area contributed by atoms with Crippen LogP contribution in [0.3, 0.4) is 0 Å². The van der Waals surface area contributed by atoms with Gasteiger partial charge in [0.2, 0.25) is 5.91 Å². The van der Waals surface area contributed by atoms with Crippen molar-refractivity contribution in [1.82, 2.24) is 16.0 Å². The number of amides is 3. The number of nitrogens with one attached hydrogen (secondary N) is 3. The standard InChI is InChI=1S/C12H22N3O6PS/c16-10(13-5-6-21-22(18,19)20)4-2-1-3-9-11-8(7-23-9)14-12(17)15-11/h8-9,11H,1-7H2,(H,13,16)(H2,14,15,17)(H2,18,19,20)/t8-,9?,11-/m0/s1. The molecule has 0 radical (unpaired) electrons. The molecule has 2 heterocycles. The maximum atomic E-state index is 11.6. The molecule has 5 N–H and O–H groups in total. The number of phosphoric acid groups is 1. The summed E-state index contributed by atoms with van der Waals surface area (Å²) < 4.78 is 14.7. The Labute approximate surface area is 138 Å². The third-order valence-electron chi connectivity index (χ3n) is 3.76. The van der Waals surface area contributed by atoms with Crippen LogP contribution in [0.4, 0.5) is 4.79 Å². The van der Waals surface area contributed by atoms with Gasteiger partial charge in [-0.2, -0.15) is 11.8 Å². The monoisotopic (exact) mass is 367 g/mol. The Morgan fingerprint density at radius 2 is 2.17 bits per heavy atom. The second-order valence-electron chi connectivity index (χ2n) is 5.54. The topological polar surface area (TPSA) is 137 Å². The quantitative estimate of drug-likeness (QED) is 0.219. The van der Waals surface area contributed by atoms with Crippen molar-refractivity contribution in [2.45, 2.75) is 43.0 Å². The van der Waals surface area contributed by atoms with E-state index in [-0.39, 0.29) is 37.2 Å². The van der Waals surface area contributed by atoms with Crippen LogP contribution in [0.1, 0.15) is 25.7 Å². The van der Waals surface area contributed by atoms with E-state index in [1.807, 2.05) is 11.8 Å². The lowest BCUT2D eigenvalue weighted by Gasteiger charge is -2.16. The van der Waals surface area contributed by atoms with E-state index in [2.05, 4.69) is 20.5 Å². The largest absolute Gasteiger partial charge is 0.469 e. The molecule has 0 spiro atoms. The highest BCUT2D eigenvalue weighted by molar-refractivity contribution is 8.00. The lowest BCUT2D eigenvalue weighted by atomic mass is 10.0. The van der Waals surface area contributed by atoms with Crippen LogP contribution < -0.4 is 16.0 Å². The highest BCUT2D eigenvalue weighted by Gasteiger charge is 2.42. The summed E-state index contributed by atoms with van der Waals surface area (Å²) in [5.41, 5.74) is 0. The first-order valence-corrected chi connectivity index (χ1v) is 10.1. The Hall–Kier alpha value is -0.800. The Balaban J connectivity index is 1.51. The average Bonchev–Trinajstić information content (AvgIpc) is 2.98. The molecule has 2 rings (SSSR count). The molecule has 0 bridgehead atoms. The summed E-state index contributed by atoms with van der Waals surface area (Å²) in [6.07, 6.45) is 2.94. The predicted octanol–water partition coefficient (Wildman–Crippen LogP) is -0.0623. The van der Waals surface area contributed by atoms with Gasteiger partial charge < -0.3 is 25.7 Å². The van der Waals surface area contributed by atoms with E-state index in [4.69, 9.17) is 9.79 Å². The number of thioether (sulfide) groups is 1. The minimum absolute atomic E-state index is 0.0733. The van der Waals surface area contributed by atoms with Gasteiger partial charge in [-0.05, 0) is 12.8 Å². The first-order valence-electron chi connectivity index (χ1n) is 7.50. The molecule has 132 valence electrons. The predicted molar refractivity (Wildman–Crippen MR) is 85.0 cm³/mol. The number of fused-ring (bicyclic) bond motifs is 1. The number of hydrogen-bond donors (Lipinski definition) is 5. The first-order chi connectivity index (χ1) is 10.8. The number of unbranched alkanes of at least 4 members (excludes halogenated alkanes) is 1. The summed E-state index contributed by atoms with van der Waals surface area (Å²) >= 11 is 1.85. The second-order valence-corrected chi connectivity index (χ2v) is 8.05. The van der Waals surface area contributed by atoms with Crippen LogP contribution in [0.2, 0.25) is 0 Å². The van der Waals surface area contributed by atoms with E-state index in [1.54, 1.807) is 0 Å². The molecule has 11 heteroatoms. The molecule has 0 saturated carbocycles. The molecule has 23 heavy (non-hydrogen) atoms. The molecule has 9 nitrogen and oxygen atoms in total. The van der Waals surface area contributed by atoms with Crippen molar-refractivity contribution < 1.29 is 28.5 Å². The third kappa shape index (κ3) is 6.31. The van der Waals surface area contributed by atoms with Gasteiger partial charge in [-0.25, -0.2) is 9.36 Å². The van der Waals surface area contributed by atoms with Gasteiger partial charge in [0.05, 0.1) is 18.7 Å². The maximum Gasteiger partial charge on any atom is 0.469 e. The van der Waals surface area contributed by atoms with Gasteiger partial charge >= 0.3 is 13.9 Å². The van der Waals surface area contributed by atoms with E-state index in [1.165, 1.54) is 0 Å². The Morgan fingerprint density at radius 3 is 2.91 bits per heavy atom. The zero-order chi connectivity index (χ0) is 16.9. The van der Waals surface area contributed by atoms with Gasteiger partial charge in [0, 0.05) is 24.0 Å². The van der Waals surface area contributed by atoms with Gasteiger partial charge in [-0.15, -0.1) is 0 Å². The molecule has 2 aliphatic heterocycles. The summed E-state index contributed by atoms with van der Waals surface area (Å²) in [4.78, 5) is 39.8. The lowest BCUT2D eigenvalue weighted by molar-refractivity contribution is -0.121. The molecule has 1 unspecified atom stereocenters. The van der Waals surface area contributed by atoms with Crippen molar-refractivity contribution in [3.63, 3.8) is 0 Å². The van der Waals surface area contributed by atoms with Crippen molar-refractivity contribution in [2.24, 2.45) is 0 Å². The Bertz CT molecular complexity index is 487. The molecule has 2 fully saturated rings. The SMILES string of the molecule is O=C(CCCCC1SC[C@@H]2NC(=O)N[C@H]12)NCCOP(=O)(O)O. The van der Waals surface area contributed by atoms with E-state index in [0.717, 1.165) is 25.0 Å². The van der Waals surface area contributed by atoms with Crippen LogP contribution >= 0.6 is 19.6 Å². The van der Waals surface area contributed by atoms with Crippen LogP contribution in [-0.2, 0) is 13.9 Å². The van der Waals surface area contributed by atoms with Crippen molar-refractivity contribution >= 4 is 31.5 Å². The van der Waals surface area contributed by atoms with Crippen LogP contribution in [0.5, 0.6) is 0 Å². The average molecular weight is 367 g/mol. The van der Waals surface area contributed by atoms with Crippen molar-refractivity contribution in [1.29, 1.82) is 0 Å². The van der Waals surface area contributed by atoms with E-state index in [9.17, 15) is 14.2 Å². The maximum absolute atomic E-state index is 11.6. The minimum atomic E-state index is -4.47. The van der Waals surface area contributed by atoms with Crippen molar-refractivity contribution in [3.05, 3.63) is 0 Å². The number of rotatable bonds is 9. The second kappa shape index (κ2) is 8.34. The van der Waals surface area contributed by atoms with Crippen LogP contribution in [0.25, 0.3) is 0 Å². The van der Waals surface area contributed by atoms with E-state index < -0.39 is 7.82 Å². The molecule has 0 aliphatic carbocycles. The molecule has 3 amide bonds. The van der Waals surface area contributed by atoms with E-state index >= 15 is 0 Å².